The van der Waals surface area contributed by atoms with Crippen LogP contribution >= 0.6 is 0 Å². The summed E-state index contributed by atoms with van der Waals surface area (Å²) in [6.45, 7) is 3.53. The Morgan fingerprint density at radius 2 is 1.73 bits per heavy atom. The molecule has 0 fully saturated rings. The van der Waals surface area contributed by atoms with Gasteiger partial charge in [-0.1, -0.05) is 6.92 Å². The van der Waals surface area contributed by atoms with E-state index in [2.05, 4.69) is 11.8 Å². The van der Waals surface area contributed by atoms with Crippen LogP contribution in [0, 0.1) is 39.9 Å². The monoisotopic (exact) mass is 146 g/mol. The highest BCUT2D eigenvalue weighted by Gasteiger charge is 2.21. The van der Waals surface area contributed by atoms with Gasteiger partial charge in [-0.2, -0.15) is 10.5 Å². The van der Waals surface area contributed by atoms with E-state index < -0.39 is 5.41 Å². The lowest BCUT2D eigenvalue weighted by molar-refractivity contribution is 0.605. The minimum Gasteiger partial charge on any atom is -0.197 e. The van der Waals surface area contributed by atoms with Crippen LogP contribution in [0.1, 0.15) is 26.7 Å². The lowest BCUT2D eigenvalue weighted by atomic mass is 9.91. The van der Waals surface area contributed by atoms with Crippen molar-refractivity contribution in [1.82, 2.24) is 0 Å². The maximum absolute atomic E-state index is 8.54. The zero-order valence-corrected chi connectivity index (χ0v) is 6.81. The summed E-state index contributed by atoms with van der Waals surface area (Å²) in [5, 5.41) is 17.1. The van der Waals surface area contributed by atoms with Gasteiger partial charge in [-0.05, 0) is 6.92 Å². The maximum Gasteiger partial charge on any atom is 0.151 e. The summed E-state index contributed by atoms with van der Waals surface area (Å²) < 4.78 is 0. The van der Waals surface area contributed by atoms with Crippen LogP contribution < -0.4 is 0 Å². The van der Waals surface area contributed by atoms with Crippen molar-refractivity contribution in [2.45, 2.75) is 26.7 Å². The molecule has 0 aromatic carbocycles. The fraction of sp³-hybridized carbons (Fsp3) is 0.556. The molecule has 0 amide bonds. The topological polar surface area (TPSA) is 47.6 Å². The van der Waals surface area contributed by atoms with E-state index in [0.717, 1.165) is 6.42 Å². The highest BCUT2D eigenvalue weighted by atomic mass is 14.4. The zero-order valence-electron chi connectivity index (χ0n) is 6.81. The van der Waals surface area contributed by atoms with Crippen LogP contribution in [-0.4, -0.2) is 0 Å². The van der Waals surface area contributed by atoms with E-state index in [9.17, 15) is 0 Å². The molecule has 0 aromatic heterocycles. The maximum atomic E-state index is 8.54. The largest absolute Gasteiger partial charge is 0.197 e. The van der Waals surface area contributed by atoms with Gasteiger partial charge in [0.05, 0.1) is 12.1 Å². The molecule has 0 radical (unpaired) electrons. The number of rotatable bonds is 1. The highest BCUT2D eigenvalue weighted by molar-refractivity contribution is 5.17. The first kappa shape index (κ1) is 9.54. The van der Waals surface area contributed by atoms with Crippen LogP contribution in [0.15, 0.2) is 0 Å². The third-order valence-corrected chi connectivity index (χ3v) is 1.24. The van der Waals surface area contributed by atoms with Gasteiger partial charge >= 0.3 is 0 Å². The van der Waals surface area contributed by atoms with Crippen molar-refractivity contribution in [2.75, 3.05) is 0 Å². The molecule has 0 saturated carbocycles. The Morgan fingerprint density at radius 3 is 2.09 bits per heavy atom. The van der Waals surface area contributed by atoms with Crippen LogP contribution in [0.25, 0.3) is 0 Å². The van der Waals surface area contributed by atoms with Gasteiger partial charge in [-0.15, -0.1) is 11.8 Å². The van der Waals surface area contributed by atoms with E-state index in [0.29, 0.717) is 6.42 Å². The molecule has 0 N–H and O–H groups in total. The second-order valence-electron chi connectivity index (χ2n) is 2.44. The average molecular weight is 146 g/mol. The SMILES string of the molecule is CCC#CCC(C)(C#N)C#N. The minimum atomic E-state index is -0.928. The molecule has 2 nitrogen and oxygen atoms in total. The summed E-state index contributed by atoms with van der Waals surface area (Å²) in [6, 6.07) is 3.85. The molecule has 0 spiro atoms. The molecule has 0 unspecified atom stereocenters. The van der Waals surface area contributed by atoms with Crippen LogP contribution in [0.2, 0.25) is 0 Å². The standard InChI is InChI=1S/C9H10N2/c1-3-4-5-6-9(2,7-10)8-11/h3,6H2,1-2H3. The van der Waals surface area contributed by atoms with Gasteiger partial charge in [-0.25, -0.2) is 0 Å². The van der Waals surface area contributed by atoms with Crippen LogP contribution in [0.5, 0.6) is 0 Å². The molecule has 0 saturated heterocycles. The van der Waals surface area contributed by atoms with Crippen molar-refractivity contribution in [1.29, 1.82) is 10.5 Å². The quantitative estimate of drug-likeness (QED) is 0.530. The molecule has 0 aromatic rings. The summed E-state index contributed by atoms with van der Waals surface area (Å²) in [5.41, 5.74) is -0.928. The van der Waals surface area contributed by atoms with E-state index >= 15 is 0 Å². The van der Waals surface area contributed by atoms with Crippen molar-refractivity contribution < 1.29 is 0 Å². The molecule has 0 aliphatic carbocycles. The van der Waals surface area contributed by atoms with Gasteiger partial charge in [0.1, 0.15) is 0 Å². The summed E-state index contributed by atoms with van der Waals surface area (Å²) in [6.07, 6.45) is 1.11. The van der Waals surface area contributed by atoms with Gasteiger partial charge in [0, 0.05) is 12.8 Å². The normalized spacial score (nSPS) is 8.73. The van der Waals surface area contributed by atoms with Crippen molar-refractivity contribution in [3.8, 4) is 24.0 Å². The fourth-order valence-electron chi connectivity index (χ4n) is 0.468. The second kappa shape index (κ2) is 4.37. The molecular weight excluding hydrogens is 136 g/mol. The Labute approximate surface area is 67.4 Å². The summed E-state index contributed by atoms with van der Waals surface area (Å²) in [7, 11) is 0. The molecule has 0 bridgehead atoms. The van der Waals surface area contributed by atoms with E-state index in [-0.39, 0.29) is 0 Å². The van der Waals surface area contributed by atoms with E-state index in [4.69, 9.17) is 10.5 Å². The molecule has 0 aliphatic heterocycles. The molecule has 11 heavy (non-hydrogen) atoms. The molecule has 0 aliphatic rings. The first-order valence-corrected chi connectivity index (χ1v) is 3.46. The Bertz CT molecular complexity index is 240. The first-order valence-electron chi connectivity index (χ1n) is 3.46. The Kier molecular flexibility index (Phi) is 3.79. The molecular formula is C9H10N2. The van der Waals surface area contributed by atoms with Crippen LogP contribution in [0.4, 0.5) is 0 Å². The first-order chi connectivity index (χ1) is 5.18. The molecule has 0 atom stereocenters. The summed E-state index contributed by atoms with van der Waals surface area (Å²) >= 11 is 0. The van der Waals surface area contributed by atoms with Gasteiger partial charge in [0.25, 0.3) is 0 Å². The number of nitriles is 2. The molecule has 0 rings (SSSR count). The molecule has 2 heteroatoms. The van der Waals surface area contributed by atoms with Crippen molar-refractivity contribution in [3.05, 3.63) is 0 Å². The van der Waals surface area contributed by atoms with Gasteiger partial charge in [-0.3, -0.25) is 0 Å². The van der Waals surface area contributed by atoms with Crippen molar-refractivity contribution in [2.24, 2.45) is 5.41 Å². The van der Waals surface area contributed by atoms with Crippen LogP contribution in [0.3, 0.4) is 0 Å². The second-order valence-corrected chi connectivity index (χ2v) is 2.44. The van der Waals surface area contributed by atoms with Gasteiger partial charge in [0.2, 0.25) is 0 Å². The zero-order chi connectivity index (χ0) is 8.74. The third-order valence-electron chi connectivity index (χ3n) is 1.24. The molecule has 56 valence electrons. The van der Waals surface area contributed by atoms with E-state index in [1.54, 1.807) is 6.92 Å². The van der Waals surface area contributed by atoms with Crippen molar-refractivity contribution >= 4 is 0 Å². The summed E-state index contributed by atoms with van der Waals surface area (Å²) in [5.74, 6) is 5.60. The number of nitrogens with zero attached hydrogens (tertiary/aromatic N) is 2. The van der Waals surface area contributed by atoms with E-state index in [1.165, 1.54) is 0 Å². The molecule has 0 heterocycles. The summed E-state index contributed by atoms with van der Waals surface area (Å²) in [4.78, 5) is 0. The lowest BCUT2D eigenvalue weighted by Gasteiger charge is -2.04. The van der Waals surface area contributed by atoms with Crippen LogP contribution in [-0.2, 0) is 0 Å². The Hall–Kier alpha value is -1.46. The average Bonchev–Trinajstić information content (AvgIpc) is 2.05. The Morgan fingerprint density at radius 1 is 1.18 bits per heavy atom. The smallest absolute Gasteiger partial charge is 0.151 e. The fourth-order valence-corrected chi connectivity index (χ4v) is 0.468. The number of hydrogen-bond acceptors (Lipinski definition) is 2. The highest BCUT2D eigenvalue weighted by Crippen LogP contribution is 2.16. The van der Waals surface area contributed by atoms with E-state index in [1.807, 2.05) is 19.1 Å². The van der Waals surface area contributed by atoms with Gasteiger partial charge in [0.15, 0.2) is 5.41 Å². The Balaban J connectivity index is 4.16. The lowest BCUT2D eigenvalue weighted by Crippen LogP contribution is -2.08. The van der Waals surface area contributed by atoms with Gasteiger partial charge < -0.3 is 0 Å². The minimum absolute atomic E-state index is 0.341. The predicted molar refractivity (Wildman–Crippen MR) is 42.0 cm³/mol. The van der Waals surface area contributed by atoms with Crippen molar-refractivity contribution in [3.63, 3.8) is 0 Å². The third kappa shape index (κ3) is 3.29. The predicted octanol–water partition coefficient (Wildman–Crippen LogP) is 1.84. The number of hydrogen-bond donors (Lipinski definition) is 0.